The second-order valence-corrected chi connectivity index (χ2v) is 6.56. The number of thioether (sulfide) groups is 1. The fourth-order valence-corrected chi connectivity index (χ4v) is 3.74. The summed E-state index contributed by atoms with van der Waals surface area (Å²) in [5, 5.41) is 0.778. The van der Waals surface area contributed by atoms with Crippen molar-refractivity contribution in [2.45, 2.75) is 36.8 Å². The summed E-state index contributed by atoms with van der Waals surface area (Å²) in [7, 11) is 0. The minimum Gasteiger partial charge on any atom is -0.329 e. The number of likely N-dealkylation sites (tertiary alicyclic amines) is 1. The van der Waals surface area contributed by atoms with E-state index in [1.54, 1.807) is 0 Å². The molecule has 1 aliphatic rings. The van der Waals surface area contributed by atoms with Crippen molar-refractivity contribution < 1.29 is 0 Å². The minimum atomic E-state index is 0.778. The summed E-state index contributed by atoms with van der Waals surface area (Å²) in [4.78, 5) is 3.94. The predicted octanol–water partition coefficient (Wildman–Crippen LogP) is 2.82. The molecule has 3 heteroatoms. The van der Waals surface area contributed by atoms with Gasteiger partial charge in [0.1, 0.15) is 0 Å². The lowest BCUT2D eigenvalue weighted by molar-refractivity contribution is 0.239. The Labute approximate surface area is 115 Å². The van der Waals surface area contributed by atoms with Crippen LogP contribution in [0.2, 0.25) is 0 Å². The number of rotatable bonds is 4. The smallest absolute Gasteiger partial charge is 0.0119 e. The minimum absolute atomic E-state index is 0.778. The third kappa shape index (κ3) is 3.74. The van der Waals surface area contributed by atoms with Crippen LogP contribution >= 0.6 is 11.8 Å². The fourth-order valence-electron chi connectivity index (χ4n) is 2.54. The number of piperidine rings is 1. The summed E-state index contributed by atoms with van der Waals surface area (Å²) in [6.07, 6.45) is 2.58. The summed E-state index contributed by atoms with van der Waals surface area (Å²) < 4.78 is 0. The lowest BCUT2D eigenvalue weighted by Crippen LogP contribution is -2.37. The van der Waals surface area contributed by atoms with E-state index in [0.717, 1.165) is 18.3 Å². The maximum Gasteiger partial charge on any atom is 0.0119 e. The molecule has 1 fully saturated rings. The normalized spacial score (nSPS) is 18.2. The van der Waals surface area contributed by atoms with Gasteiger partial charge in [-0.2, -0.15) is 0 Å². The van der Waals surface area contributed by atoms with Crippen LogP contribution in [-0.4, -0.2) is 36.3 Å². The summed E-state index contributed by atoms with van der Waals surface area (Å²) >= 11 is 2.06. The van der Waals surface area contributed by atoms with Gasteiger partial charge in [0.15, 0.2) is 0 Å². The Bertz CT molecular complexity index is 384. The fraction of sp³-hybridized carbons (Fsp3) is 0.600. The average Bonchev–Trinajstić information content (AvgIpc) is 2.35. The lowest BCUT2D eigenvalue weighted by Gasteiger charge is -2.31. The van der Waals surface area contributed by atoms with Crippen LogP contribution in [0.1, 0.15) is 24.0 Å². The van der Waals surface area contributed by atoms with Crippen molar-refractivity contribution in [3.8, 4) is 0 Å². The maximum atomic E-state index is 5.60. The van der Waals surface area contributed by atoms with Crippen LogP contribution in [0.4, 0.5) is 0 Å². The van der Waals surface area contributed by atoms with Crippen molar-refractivity contribution in [2.75, 3.05) is 26.2 Å². The zero-order valence-electron chi connectivity index (χ0n) is 11.5. The molecule has 0 aromatic heterocycles. The number of nitrogens with zero attached hydrogens (tertiary/aromatic N) is 1. The first kappa shape index (κ1) is 13.9. The van der Waals surface area contributed by atoms with Crippen LogP contribution in [0, 0.1) is 13.8 Å². The van der Waals surface area contributed by atoms with Crippen molar-refractivity contribution in [2.24, 2.45) is 5.73 Å². The van der Waals surface area contributed by atoms with Crippen LogP contribution in [0.15, 0.2) is 23.1 Å². The molecule has 1 aromatic carbocycles. The van der Waals surface area contributed by atoms with Gasteiger partial charge < -0.3 is 10.6 Å². The SMILES string of the molecule is Cc1ccc(SC2CCN(CCN)CC2)c(C)c1. The van der Waals surface area contributed by atoms with Crippen molar-refractivity contribution in [1.82, 2.24) is 4.90 Å². The highest BCUT2D eigenvalue weighted by molar-refractivity contribution is 8.00. The highest BCUT2D eigenvalue weighted by Crippen LogP contribution is 2.32. The molecule has 1 heterocycles. The van der Waals surface area contributed by atoms with E-state index in [4.69, 9.17) is 5.73 Å². The van der Waals surface area contributed by atoms with E-state index in [1.807, 2.05) is 0 Å². The molecule has 0 unspecified atom stereocenters. The molecule has 0 spiro atoms. The van der Waals surface area contributed by atoms with Gasteiger partial charge in [-0.05, 0) is 51.4 Å². The third-order valence-electron chi connectivity index (χ3n) is 3.60. The molecule has 100 valence electrons. The molecule has 0 amide bonds. The quantitative estimate of drug-likeness (QED) is 0.907. The Hall–Kier alpha value is -0.510. The van der Waals surface area contributed by atoms with Gasteiger partial charge >= 0.3 is 0 Å². The van der Waals surface area contributed by atoms with Gasteiger partial charge in [-0.15, -0.1) is 11.8 Å². The zero-order valence-corrected chi connectivity index (χ0v) is 12.3. The number of benzene rings is 1. The lowest BCUT2D eigenvalue weighted by atomic mass is 10.1. The van der Waals surface area contributed by atoms with Crippen molar-refractivity contribution in [1.29, 1.82) is 0 Å². The largest absolute Gasteiger partial charge is 0.329 e. The molecule has 2 rings (SSSR count). The molecule has 2 N–H and O–H groups in total. The standard InChI is InChI=1S/C15H24N2S/c1-12-3-4-15(13(2)11-12)18-14-5-8-17(9-6-14)10-7-16/h3-4,11,14H,5-10,16H2,1-2H3. The second kappa shape index (κ2) is 6.60. The molecular formula is C15H24N2S. The van der Waals surface area contributed by atoms with Crippen LogP contribution in [0.25, 0.3) is 0 Å². The Morgan fingerprint density at radius 3 is 2.61 bits per heavy atom. The Kier molecular flexibility index (Phi) is 5.10. The molecule has 0 atom stereocenters. The van der Waals surface area contributed by atoms with Gasteiger partial charge in [0, 0.05) is 23.2 Å². The maximum absolute atomic E-state index is 5.60. The van der Waals surface area contributed by atoms with E-state index in [-0.39, 0.29) is 0 Å². The number of aryl methyl sites for hydroxylation is 2. The van der Waals surface area contributed by atoms with Gasteiger partial charge in [0.25, 0.3) is 0 Å². The molecule has 1 aromatic rings. The molecule has 18 heavy (non-hydrogen) atoms. The van der Waals surface area contributed by atoms with Crippen molar-refractivity contribution >= 4 is 11.8 Å². The number of hydrogen-bond acceptors (Lipinski definition) is 3. The molecule has 0 radical (unpaired) electrons. The van der Waals surface area contributed by atoms with Crippen molar-refractivity contribution in [3.63, 3.8) is 0 Å². The number of hydrogen-bond donors (Lipinski definition) is 1. The first-order valence-electron chi connectivity index (χ1n) is 6.85. The third-order valence-corrected chi connectivity index (χ3v) is 5.12. The van der Waals surface area contributed by atoms with Crippen LogP contribution < -0.4 is 5.73 Å². The molecule has 0 aliphatic carbocycles. The van der Waals surface area contributed by atoms with E-state index in [1.165, 1.54) is 42.0 Å². The van der Waals surface area contributed by atoms with Crippen LogP contribution in [0.3, 0.4) is 0 Å². The topological polar surface area (TPSA) is 29.3 Å². The van der Waals surface area contributed by atoms with E-state index < -0.39 is 0 Å². The van der Waals surface area contributed by atoms with Gasteiger partial charge in [0.05, 0.1) is 0 Å². The average molecular weight is 264 g/mol. The van der Waals surface area contributed by atoms with Gasteiger partial charge in [-0.25, -0.2) is 0 Å². The summed E-state index contributed by atoms with van der Waals surface area (Å²) in [6, 6.07) is 6.78. The molecule has 1 saturated heterocycles. The Balaban J connectivity index is 1.87. The molecular weight excluding hydrogens is 240 g/mol. The van der Waals surface area contributed by atoms with Gasteiger partial charge in [-0.1, -0.05) is 17.7 Å². The van der Waals surface area contributed by atoms with Crippen LogP contribution in [-0.2, 0) is 0 Å². The first-order valence-corrected chi connectivity index (χ1v) is 7.73. The monoisotopic (exact) mass is 264 g/mol. The summed E-state index contributed by atoms with van der Waals surface area (Å²) in [5.74, 6) is 0. The highest BCUT2D eigenvalue weighted by Gasteiger charge is 2.19. The Morgan fingerprint density at radius 1 is 1.28 bits per heavy atom. The van der Waals surface area contributed by atoms with Gasteiger partial charge in [0.2, 0.25) is 0 Å². The Morgan fingerprint density at radius 2 is 2.00 bits per heavy atom. The van der Waals surface area contributed by atoms with E-state index >= 15 is 0 Å². The van der Waals surface area contributed by atoms with Crippen LogP contribution in [0.5, 0.6) is 0 Å². The zero-order chi connectivity index (χ0) is 13.0. The van der Waals surface area contributed by atoms with Crippen molar-refractivity contribution in [3.05, 3.63) is 29.3 Å². The predicted molar refractivity (Wildman–Crippen MR) is 80.3 cm³/mol. The van der Waals surface area contributed by atoms with E-state index in [9.17, 15) is 0 Å². The second-order valence-electron chi connectivity index (χ2n) is 5.22. The van der Waals surface area contributed by atoms with E-state index in [0.29, 0.717) is 0 Å². The summed E-state index contributed by atoms with van der Waals surface area (Å²) in [5.41, 5.74) is 8.38. The van der Waals surface area contributed by atoms with E-state index in [2.05, 4.69) is 48.7 Å². The molecule has 2 nitrogen and oxygen atoms in total. The molecule has 0 bridgehead atoms. The molecule has 1 aliphatic heterocycles. The highest BCUT2D eigenvalue weighted by atomic mass is 32.2. The molecule has 0 saturated carbocycles. The number of nitrogens with two attached hydrogens (primary N) is 1. The van der Waals surface area contributed by atoms with Gasteiger partial charge in [-0.3, -0.25) is 0 Å². The summed E-state index contributed by atoms with van der Waals surface area (Å²) in [6.45, 7) is 8.64. The first-order chi connectivity index (χ1) is 8.69.